The van der Waals surface area contributed by atoms with E-state index >= 15 is 0 Å². The Hall–Kier alpha value is -2.00. The molecule has 0 spiro atoms. The minimum absolute atomic E-state index is 0.0147. The molecule has 2 N–H and O–H groups in total. The molecular formula is C20H33N3O5. The van der Waals surface area contributed by atoms with Crippen molar-refractivity contribution < 1.29 is 24.1 Å². The van der Waals surface area contributed by atoms with E-state index in [1.807, 2.05) is 37.3 Å². The van der Waals surface area contributed by atoms with Crippen molar-refractivity contribution >= 4 is 12.1 Å². The highest BCUT2D eigenvalue weighted by molar-refractivity contribution is 5.76. The summed E-state index contributed by atoms with van der Waals surface area (Å²) in [6.45, 7) is 5.86. The zero-order chi connectivity index (χ0) is 21.2. The van der Waals surface area contributed by atoms with Gasteiger partial charge in [0.25, 0.3) is 0 Å². The first-order valence-corrected chi connectivity index (χ1v) is 9.48. The maximum atomic E-state index is 12.6. The van der Waals surface area contributed by atoms with Crippen LogP contribution in [-0.2, 0) is 20.9 Å². The topological polar surface area (TPSA) is 95.4 Å². The highest BCUT2D eigenvalue weighted by atomic mass is 16.6. The monoisotopic (exact) mass is 395 g/mol. The average Bonchev–Trinajstić information content (AvgIpc) is 2.61. The van der Waals surface area contributed by atoms with Crippen molar-refractivity contribution in [3.05, 3.63) is 41.1 Å². The molecule has 0 aromatic heterocycles. The lowest BCUT2D eigenvalue weighted by atomic mass is 10.1. The maximum Gasteiger partial charge on any atom is 0.515 e. The van der Waals surface area contributed by atoms with Gasteiger partial charge in [-0.2, -0.15) is 4.79 Å². The zero-order valence-electron chi connectivity index (χ0n) is 17.5. The van der Waals surface area contributed by atoms with Crippen molar-refractivity contribution in [2.45, 2.75) is 58.3 Å². The van der Waals surface area contributed by atoms with Crippen LogP contribution < -0.4 is 10.5 Å². The number of hydrogen-bond donors (Lipinski definition) is 2. The van der Waals surface area contributed by atoms with Gasteiger partial charge in [-0.25, -0.2) is 4.79 Å². The number of hydrogen-bond acceptors (Lipinski definition) is 7. The van der Waals surface area contributed by atoms with Crippen LogP contribution in [-0.4, -0.2) is 49.4 Å². The third kappa shape index (κ3) is 9.80. The summed E-state index contributed by atoms with van der Waals surface area (Å²) in [6, 6.07) is 7.91. The second kappa shape index (κ2) is 11.8. The van der Waals surface area contributed by atoms with E-state index in [4.69, 9.17) is 9.47 Å². The number of hydrazine groups is 1. The Labute approximate surface area is 167 Å². The highest BCUT2D eigenvalue weighted by Crippen LogP contribution is 2.10. The van der Waals surface area contributed by atoms with Gasteiger partial charge in [0.15, 0.2) is 6.04 Å². The van der Waals surface area contributed by atoms with Crippen LogP contribution in [0.1, 0.15) is 45.6 Å². The molecule has 1 aromatic rings. The smallest absolute Gasteiger partial charge is 0.515 e. The van der Waals surface area contributed by atoms with Crippen LogP contribution in [0.4, 0.5) is 4.79 Å². The summed E-state index contributed by atoms with van der Waals surface area (Å²) in [5.41, 5.74) is 3.15. The minimum Gasteiger partial charge on any atom is -0.623 e. The molecule has 1 aromatic carbocycles. The molecule has 0 aliphatic carbocycles. The van der Waals surface area contributed by atoms with Crippen LogP contribution in [0.25, 0.3) is 0 Å². The Morgan fingerprint density at radius 2 is 1.82 bits per heavy atom. The molecule has 0 aliphatic rings. The van der Waals surface area contributed by atoms with E-state index < -0.39 is 28.8 Å². The summed E-state index contributed by atoms with van der Waals surface area (Å²) < 4.78 is 10.4. The number of nitrogens with one attached hydrogen (secondary N) is 2. The number of hydroxylamine groups is 2. The molecule has 0 heterocycles. The molecule has 0 saturated heterocycles. The molecule has 1 unspecified atom stereocenters. The molecule has 1 amide bonds. The Bertz CT molecular complexity index is 602. The molecular weight excluding hydrogens is 362 g/mol. The predicted octanol–water partition coefficient (Wildman–Crippen LogP) is 1.65. The first-order valence-electron chi connectivity index (χ1n) is 9.48. The fourth-order valence-corrected chi connectivity index (χ4v) is 2.44. The van der Waals surface area contributed by atoms with Crippen molar-refractivity contribution in [2.75, 3.05) is 20.6 Å². The van der Waals surface area contributed by atoms with Gasteiger partial charge in [0.05, 0.1) is 0 Å². The van der Waals surface area contributed by atoms with E-state index in [2.05, 4.69) is 5.43 Å². The van der Waals surface area contributed by atoms with Gasteiger partial charge >= 0.3 is 12.1 Å². The number of ether oxygens (including phenoxy) is 2. The molecule has 1 rings (SSSR count). The maximum absolute atomic E-state index is 12.6. The Balaban J connectivity index is 2.66. The molecule has 28 heavy (non-hydrogen) atoms. The van der Waals surface area contributed by atoms with Gasteiger partial charge in [-0.1, -0.05) is 30.3 Å². The second-order valence-electron chi connectivity index (χ2n) is 7.81. The molecule has 8 nitrogen and oxygen atoms in total. The van der Waals surface area contributed by atoms with Crippen molar-refractivity contribution in [1.82, 2.24) is 10.4 Å². The number of nitrogens with zero attached hydrogens (tertiary/aromatic N) is 1. The number of alkyl carbamates (subject to hydrolysis) is 1. The number of quaternary nitrogens is 1. The van der Waals surface area contributed by atoms with Crippen LogP contribution in [0.2, 0.25) is 0 Å². The number of carbonyl (C=O) groups excluding carboxylic acids is 2. The van der Waals surface area contributed by atoms with Crippen molar-refractivity contribution in [1.29, 1.82) is 0 Å². The summed E-state index contributed by atoms with van der Waals surface area (Å²) in [6.07, 6.45) is 0.585. The molecule has 0 radical (unpaired) electrons. The van der Waals surface area contributed by atoms with Gasteiger partial charge in [-0.15, -0.1) is 0 Å². The van der Waals surface area contributed by atoms with E-state index in [-0.39, 0.29) is 13.0 Å². The lowest BCUT2D eigenvalue weighted by Crippen LogP contribution is -3.15. The average molecular weight is 396 g/mol. The number of esters is 1. The third-order valence-corrected chi connectivity index (χ3v) is 3.77. The van der Waals surface area contributed by atoms with E-state index in [9.17, 15) is 14.8 Å². The SMILES string of the molecule is CN(C)NCCCC[C@@H](C(=O)OC(C)(C)C)[NH+]([O-])C(=O)OCc1ccccc1. The number of rotatable bonds is 10. The van der Waals surface area contributed by atoms with Crippen molar-refractivity contribution in [3.8, 4) is 0 Å². The first-order chi connectivity index (χ1) is 13.1. The molecule has 2 atom stereocenters. The summed E-state index contributed by atoms with van der Waals surface area (Å²) >= 11 is 0. The molecule has 0 saturated carbocycles. The van der Waals surface area contributed by atoms with Gasteiger partial charge in [-0.05, 0) is 39.2 Å². The largest absolute Gasteiger partial charge is 0.623 e. The molecule has 158 valence electrons. The Kier molecular flexibility index (Phi) is 10.1. The minimum atomic E-state index is -1.15. The number of amides is 1. The van der Waals surface area contributed by atoms with Gasteiger partial charge < -0.3 is 14.7 Å². The quantitative estimate of drug-likeness (QED) is 0.353. The predicted molar refractivity (Wildman–Crippen MR) is 106 cm³/mol. The summed E-state index contributed by atoms with van der Waals surface area (Å²) in [5.74, 6) is -0.685. The molecule has 0 aliphatic heterocycles. The van der Waals surface area contributed by atoms with E-state index in [1.54, 1.807) is 32.9 Å². The Morgan fingerprint density at radius 3 is 2.39 bits per heavy atom. The van der Waals surface area contributed by atoms with Crippen molar-refractivity contribution in [2.24, 2.45) is 0 Å². The van der Waals surface area contributed by atoms with E-state index in [0.717, 1.165) is 12.0 Å². The third-order valence-electron chi connectivity index (χ3n) is 3.77. The standard InChI is InChI=1S/C20H33N3O5/c1-20(2,3)28-18(24)17(13-9-10-14-21-22(4)5)23(26)19(25)27-15-16-11-7-6-8-12-16/h6-8,11-12,17,21,23H,9-10,13-15H2,1-5H3/t17-/m0/s1. The molecule has 0 bridgehead atoms. The molecule has 8 heteroatoms. The zero-order valence-corrected chi connectivity index (χ0v) is 17.5. The normalized spacial score (nSPS) is 13.8. The lowest BCUT2D eigenvalue weighted by Gasteiger charge is -2.29. The van der Waals surface area contributed by atoms with Gasteiger partial charge in [-0.3, -0.25) is 15.5 Å². The lowest BCUT2D eigenvalue weighted by molar-refractivity contribution is -0.789. The second-order valence-corrected chi connectivity index (χ2v) is 7.81. The van der Waals surface area contributed by atoms with E-state index in [1.165, 1.54) is 0 Å². The first kappa shape index (κ1) is 24.0. The van der Waals surface area contributed by atoms with Gasteiger partial charge in [0.1, 0.15) is 12.2 Å². The number of carbonyl (C=O) groups is 2. The fourth-order valence-electron chi connectivity index (χ4n) is 2.44. The summed E-state index contributed by atoms with van der Waals surface area (Å²) in [7, 11) is 3.77. The fraction of sp³-hybridized carbons (Fsp3) is 0.600. The number of unbranched alkanes of at least 4 members (excludes halogenated alkanes) is 1. The van der Waals surface area contributed by atoms with Gasteiger partial charge in [0.2, 0.25) is 0 Å². The highest BCUT2D eigenvalue weighted by Gasteiger charge is 2.34. The van der Waals surface area contributed by atoms with E-state index in [0.29, 0.717) is 13.0 Å². The van der Waals surface area contributed by atoms with Crippen LogP contribution >= 0.6 is 0 Å². The van der Waals surface area contributed by atoms with Gasteiger partial charge in [0, 0.05) is 27.1 Å². The van der Waals surface area contributed by atoms with Crippen LogP contribution in [0.3, 0.4) is 0 Å². The van der Waals surface area contributed by atoms with Crippen molar-refractivity contribution in [3.63, 3.8) is 0 Å². The summed E-state index contributed by atoms with van der Waals surface area (Å²) in [5, 5.41) is 13.5. The Morgan fingerprint density at radius 1 is 1.18 bits per heavy atom. The van der Waals surface area contributed by atoms with Crippen LogP contribution in [0.5, 0.6) is 0 Å². The van der Waals surface area contributed by atoms with Crippen LogP contribution in [0, 0.1) is 5.21 Å². The summed E-state index contributed by atoms with van der Waals surface area (Å²) in [4.78, 5) is 24.7. The number of benzene rings is 1. The van der Waals surface area contributed by atoms with Crippen LogP contribution in [0.15, 0.2) is 30.3 Å². The molecule has 0 fully saturated rings.